The van der Waals surface area contributed by atoms with Crippen molar-refractivity contribution >= 4 is 0 Å². The molecule has 0 N–H and O–H groups in total. The monoisotopic (exact) mass is 260 g/mol. The Balaban J connectivity index is 2.10. The zero-order chi connectivity index (χ0) is 13.7. The van der Waals surface area contributed by atoms with Crippen LogP contribution in [0.25, 0.3) is 0 Å². The largest absolute Gasteiger partial charge is 0.496 e. The quantitative estimate of drug-likeness (QED) is 0.695. The van der Waals surface area contributed by atoms with Crippen molar-refractivity contribution in [3.8, 4) is 5.75 Å². The number of benzene rings is 1. The van der Waals surface area contributed by atoms with Gasteiger partial charge in [-0.3, -0.25) is 0 Å². The molecular weight excluding hydrogens is 232 g/mol. The molecule has 0 radical (unpaired) electrons. The molecule has 1 nitrogen and oxygen atoms in total. The summed E-state index contributed by atoms with van der Waals surface area (Å²) in [6.07, 6.45) is 9.28. The van der Waals surface area contributed by atoms with Crippen molar-refractivity contribution in [2.45, 2.75) is 64.7 Å². The lowest BCUT2D eigenvalue weighted by molar-refractivity contribution is 0.403. The van der Waals surface area contributed by atoms with Crippen LogP contribution in [0.2, 0.25) is 0 Å². The van der Waals surface area contributed by atoms with Gasteiger partial charge in [-0.25, -0.2) is 0 Å². The van der Waals surface area contributed by atoms with Crippen LogP contribution in [0.3, 0.4) is 0 Å². The number of hydrogen-bond acceptors (Lipinski definition) is 1. The second-order valence-electron chi connectivity index (χ2n) is 6.34. The van der Waals surface area contributed by atoms with Gasteiger partial charge in [-0.2, -0.15) is 0 Å². The Labute approximate surface area is 118 Å². The second-order valence-corrected chi connectivity index (χ2v) is 6.34. The molecule has 19 heavy (non-hydrogen) atoms. The smallest absolute Gasteiger partial charge is 0.122 e. The fraction of sp³-hybridized carbons (Fsp3) is 0.667. The van der Waals surface area contributed by atoms with Gasteiger partial charge in [0.2, 0.25) is 0 Å². The van der Waals surface area contributed by atoms with Crippen molar-refractivity contribution in [2.24, 2.45) is 5.92 Å². The van der Waals surface area contributed by atoms with E-state index in [2.05, 4.69) is 32.0 Å². The van der Waals surface area contributed by atoms with Gasteiger partial charge < -0.3 is 4.74 Å². The summed E-state index contributed by atoms with van der Waals surface area (Å²) in [5.74, 6) is 2.62. The molecule has 1 aliphatic rings. The highest BCUT2D eigenvalue weighted by Crippen LogP contribution is 2.35. The van der Waals surface area contributed by atoms with Gasteiger partial charge in [0, 0.05) is 0 Å². The molecule has 0 saturated heterocycles. The summed E-state index contributed by atoms with van der Waals surface area (Å²) in [6.45, 7) is 4.56. The standard InChI is InChI=1S/C18H28O/c1-14(2)9-10-16-11-12-17(13-18(16)19-3)15-7-5-4-6-8-15/h11-15H,4-10H2,1-3H3. The second kappa shape index (κ2) is 6.98. The Morgan fingerprint density at radius 3 is 2.53 bits per heavy atom. The highest BCUT2D eigenvalue weighted by atomic mass is 16.5. The van der Waals surface area contributed by atoms with Crippen LogP contribution in [-0.4, -0.2) is 7.11 Å². The first-order valence-electron chi connectivity index (χ1n) is 7.87. The maximum Gasteiger partial charge on any atom is 0.122 e. The molecule has 0 spiro atoms. The Bertz CT molecular complexity index is 389. The molecule has 1 fully saturated rings. The fourth-order valence-electron chi connectivity index (χ4n) is 3.10. The first-order valence-corrected chi connectivity index (χ1v) is 7.87. The third-order valence-corrected chi connectivity index (χ3v) is 4.38. The molecule has 2 rings (SSSR count). The summed E-state index contributed by atoms with van der Waals surface area (Å²) < 4.78 is 5.61. The molecule has 0 unspecified atom stereocenters. The zero-order valence-corrected chi connectivity index (χ0v) is 12.7. The maximum absolute atomic E-state index is 5.61. The van der Waals surface area contributed by atoms with Crippen molar-refractivity contribution in [2.75, 3.05) is 7.11 Å². The predicted molar refractivity (Wildman–Crippen MR) is 82.0 cm³/mol. The van der Waals surface area contributed by atoms with Crippen molar-refractivity contribution in [1.29, 1.82) is 0 Å². The summed E-state index contributed by atoms with van der Waals surface area (Å²) in [4.78, 5) is 0. The average molecular weight is 260 g/mol. The van der Waals surface area contributed by atoms with Crippen LogP contribution in [0.1, 0.15) is 69.4 Å². The molecule has 1 aliphatic carbocycles. The lowest BCUT2D eigenvalue weighted by Gasteiger charge is -2.23. The van der Waals surface area contributed by atoms with Gasteiger partial charge in [-0.1, -0.05) is 45.2 Å². The van der Waals surface area contributed by atoms with E-state index in [1.54, 1.807) is 7.11 Å². The van der Waals surface area contributed by atoms with Gasteiger partial charge in [-0.05, 0) is 54.7 Å². The molecule has 0 heterocycles. The third-order valence-electron chi connectivity index (χ3n) is 4.38. The molecule has 0 aliphatic heterocycles. The van der Waals surface area contributed by atoms with Gasteiger partial charge >= 0.3 is 0 Å². The third kappa shape index (κ3) is 3.99. The average Bonchev–Trinajstić information content (AvgIpc) is 2.45. The summed E-state index contributed by atoms with van der Waals surface area (Å²) in [5, 5.41) is 0. The van der Waals surface area contributed by atoms with Crippen LogP contribution in [0.5, 0.6) is 5.75 Å². The Kier molecular flexibility index (Phi) is 5.30. The first-order chi connectivity index (χ1) is 9.20. The normalized spacial score (nSPS) is 16.8. The van der Waals surface area contributed by atoms with Crippen LogP contribution in [-0.2, 0) is 6.42 Å². The van der Waals surface area contributed by atoms with E-state index in [-0.39, 0.29) is 0 Å². The van der Waals surface area contributed by atoms with E-state index < -0.39 is 0 Å². The number of methoxy groups -OCH3 is 1. The summed E-state index contributed by atoms with van der Waals surface area (Å²) in [7, 11) is 1.80. The van der Waals surface area contributed by atoms with Crippen molar-refractivity contribution in [3.63, 3.8) is 0 Å². The van der Waals surface area contributed by atoms with Crippen molar-refractivity contribution in [3.05, 3.63) is 29.3 Å². The van der Waals surface area contributed by atoms with E-state index in [0.717, 1.165) is 24.0 Å². The van der Waals surface area contributed by atoms with E-state index in [0.29, 0.717) is 0 Å². The minimum atomic E-state index is 0.753. The Morgan fingerprint density at radius 1 is 1.16 bits per heavy atom. The van der Waals surface area contributed by atoms with Gasteiger partial charge in [0.05, 0.1) is 7.11 Å². The Morgan fingerprint density at radius 2 is 1.89 bits per heavy atom. The van der Waals surface area contributed by atoms with Crippen LogP contribution < -0.4 is 4.74 Å². The molecule has 106 valence electrons. The molecule has 0 amide bonds. The van der Waals surface area contributed by atoms with Crippen LogP contribution in [0, 0.1) is 5.92 Å². The molecular formula is C18H28O. The number of rotatable bonds is 5. The minimum absolute atomic E-state index is 0.753. The SMILES string of the molecule is COc1cc(C2CCCCC2)ccc1CCC(C)C. The molecule has 1 heteroatoms. The van der Waals surface area contributed by atoms with E-state index in [4.69, 9.17) is 4.74 Å². The Hall–Kier alpha value is -0.980. The van der Waals surface area contributed by atoms with Crippen LogP contribution in [0.4, 0.5) is 0 Å². The van der Waals surface area contributed by atoms with E-state index >= 15 is 0 Å². The molecule has 0 atom stereocenters. The van der Waals surface area contributed by atoms with Gasteiger partial charge in [0.25, 0.3) is 0 Å². The maximum atomic E-state index is 5.61. The van der Waals surface area contributed by atoms with Crippen LogP contribution in [0.15, 0.2) is 18.2 Å². The van der Waals surface area contributed by atoms with Gasteiger partial charge in [-0.15, -0.1) is 0 Å². The van der Waals surface area contributed by atoms with Crippen molar-refractivity contribution in [1.82, 2.24) is 0 Å². The highest BCUT2D eigenvalue weighted by molar-refractivity contribution is 5.39. The molecule has 1 saturated carbocycles. The van der Waals surface area contributed by atoms with E-state index in [9.17, 15) is 0 Å². The molecule has 1 aromatic carbocycles. The number of aryl methyl sites for hydroxylation is 1. The number of hydrogen-bond donors (Lipinski definition) is 0. The fourth-order valence-corrected chi connectivity index (χ4v) is 3.10. The zero-order valence-electron chi connectivity index (χ0n) is 12.7. The molecule has 0 bridgehead atoms. The van der Waals surface area contributed by atoms with Gasteiger partial charge in [0.15, 0.2) is 0 Å². The van der Waals surface area contributed by atoms with E-state index in [1.165, 1.54) is 49.7 Å². The molecule has 1 aromatic rings. The first kappa shape index (κ1) is 14.4. The lowest BCUT2D eigenvalue weighted by Crippen LogP contribution is -2.05. The van der Waals surface area contributed by atoms with Crippen molar-refractivity contribution < 1.29 is 4.74 Å². The lowest BCUT2D eigenvalue weighted by atomic mass is 9.83. The minimum Gasteiger partial charge on any atom is -0.496 e. The van der Waals surface area contributed by atoms with E-state index in [1.807, 2.05) is 0 Å². The highest BCUT2D eigenvalue weighted by Gasteiger charge is 2.17. The topological polar surface area (TPSA) is 9.23 Å². The van der Waals surface area contributed by atoms with Gasteiger partial charge in [0.1, 0.15) is 5.75 Å². The molecule has 0 aromatic heterocycles. The summed E-state index contributed by atoms with van der Waals surface area (Å²) >= 11 is 0. The summed E-state index contributed by atoms with van der Waals surface area (Å²) in [6, 6.07) is 6.94. The van der Waals surface area contributed by atoms with Crippen LogP contribution >= 0.6 is 0 Å². The predicted octanol–water partition coefficient (Wildman–Crippen LogP) is 5.33. The number of ether oxygens (including phenoxy) is 1. The summed E-state index contributed by atoms with van der Waals surface area (Å²) in [5.41, 5.74) is 2.86.